The normalized spacial score (nSPS) is 24.2. The third-order valence-electron chi connectivity index (χ3n) is 9.12. The van der Waals surface area contributed by atoms with Crippen LogP contribution in [-0.2, 0) is 16.1 Å². The number of hydrogen-bond acceptors (Lipinski definition) is 6. The number of piperazine rings is 1. The van der Waals surface area contributed by atoms with Crippen molar-refractivity contribution in [1.82, 2.24) is 25.1 Å². The third kappa shape index (κ3) is 4.39. The molecule has 0 saturated carbocycles. The van der Waals surface area contributed by atoms with Crippen molar-refractivity contribution in [3.05, 3.63) is 76.1 Å². The Morgan fingerprint density at radius 1 is 0.881 bits per heavy atom. The smallest absolute Gasteiger partial charge is 0.336 e. The molecule has 2 aromatic carbocycles. The molecule has 2 bridgehead atoms. The summed E-state index contributed by atoms with van der Waals surface area (Å²) in [6.07, 6.45) is 4.53. The molecule has 11 heteroatoms. The van der Waals surface area contributed by atoms with Crippen molar-refractivity contribution in [2.45, 2.75) is 57.2 Å². The standard InChI is InChI=1S/C31H30FN5O5/c32-20-8-6-19(7-9-20)23-3-1-2-4-24(23)28(39)34-16-21-14-22(17-34)35(21)15-18-5-10-25-26(13-18)30(41)37(29(25)40)36-12-11-27(38)33-31(36)42/h5-10,13,21-22H,1-4,11-12,14-17H2,(H,33,38,42). The molecular formula is C31H30FN5O5. The van der Waals surface area contributed by atoms with Crippen LogP contribution < -0.4 is 5.32 Å². The highest BCUT2D eigenvalue weighted by molar-refractivity contribution is 6.22. The summed E-state index contributed by atoms with van der Waals surface area (Å²) in [7, 11) is 0. The molecule has 4 fully saturated rings. The minimum atomic E-state index is -0.790. The molecule has 216 valence electrons. The van der Waals surface area contributed by atoms with Crippen LogP contribution in [0.25, 0.3) is 5.57 Å². The highest BCUT2D eigenvalue weighted by atomic mass is 19.1. The topological polar surface area (TPSA) is 110 Å². The van der Waals surface area contributed by atoms with Gasteiger partial charge in [0.2, 0.25) is 11.8 Å². The number of hydrogen-bond donors (Lipinski definition) is 1. The van der Waals surface area contributed by atoms with Gasteiger partial charge in [0.15, 0.2) is 0 Å². The second-order valence-corrected chi connectivity index (χ2v) is 11.6. The minimum Gasteiger partial charge on any atom is -0.336 e. The lowest BCUT2D eigenvalue weighted by Crippen LogP contribution is -2.69. The van der Waals surface area contributed by atoms with Gasteiger partial charge in [0.1, 0.15) is 5.82 Å². The Morgan fingerprint density at radius 2 is 1.60 bits per heavy atom. The zero-order chi connectivity index (χ0) is 29.1. The lowest BCUT2D eigenvalue weighted by Gasteiger charge is -2.56. The van der Waals surface area contributed by atoms with Gasteiger partial charge in [-0.25, -0.2) is 14.2 Å². The molecule has 5 heterocycles. The average Bonchev–Trinajstić information content (AvgIpc) is 3.24. The molecule has 42 heavy (non-hydrogen) atoms. The highest BCUT2D eigenvalue weighted by Gasteiger charge is 2.47. The van der Waals surface area contributed by atoms with Crippen LogP contribution in [0.5, 0.6) is 0 Å². The van der Waals surface area contributed by atoms with Crippen molar-refractivity contribution in [2.24, 2.45) is 0 Å². The van der Waals surface area contributed by atoms with Crippen LogP contribution in [-0.4, -0.2) is 81.2 Å². The predicted octanol–water partition coefficient (Wildman–Crippen LogP) is 3.09. The first-order valence-electron chi connectivity index (χ1n) is 14.4. The van der Waals surface area contributed by atoms with Crippen LogP contribution in [0, 0.1) is 5.82 Å². The van der Waals surface area contributed by atoms with Gasteiger partial charge in [0.05, 0.1) is 17.7 Å². The van der Waals surface area contributed by atoms with E-state index in [-0.39, 0.29) is 47.9 Å². The van der Waals surface area contributed by atoms with Crippen molar-refractivity contribution in [2.75, 3.05) is 19.6 Å². The number of urea groups is 1. The summed E-state index contributed by atoms with van der Waals surface area (Å²) >= 11 is 0. The number of carbonyl (C=O) groups excluding carboxylic acids is 5. The quantitative estimate of drug-likeness (QED) is 0.553. The third-order valence-corrected chi connectivity index (χ3v) is 9.12. The summed E-state index contributed by atoms with van der Waals surface area (Å²) in [6.45, 7) is 1.77. The van der Waals surface area contributed by atoms with Crippen LogP contribution in [0.4, 0.5) is 9.18 Å². The molecule has 8 rings (SSSR count). The fourth-order valence-electron chi connectivity index (χ4n) is 6.96. The SMILES string of the molecule is O=C1CCN(N2C(=O)c3ccc(CN4C5CC4CN(C(=O)C4=C(c6ccc(F)cc6)CCCC4)C5)cc3C2=O)C(=O)N1. The summed E-state index contributed by atoms with van der Waals surface area (Å²) in [6, 6.07) is 11.2. The van der Waals surface area contributed by atoms with Crippen LogP contribution in [0.3, 0.4) is 0 Å². The Labute approximate surface area is 241 Å². The van der Waals surface area contributed by atoms with Crippen LogP contribution in [0.1, 0.15) is 70.4 Å². The Hall–Kier alpha value is -4.38. The Kier molecular flexibility index (Phi) is 6.41. The maximum atomic E-state index is 13.7. The highest BCUT2D eigenvalue weighted by Crippen LogP contribution is 2.38. The Bertz CT molecular complexity index is 1560. The van der Waals surface area contributed by atoms with Gasteiger partial charge in [-0.3, -0.25) is 29.4 Å². The molecule has 6 aliphatic rings. The monoisotopic (exact) mass is 571 g/mol. The number of benzene rings is 2. The molecule has 0 radical (unpaired) electrons. The van der Waals surface area contributed by atoms with E-state index >= 15 is 0 Å². The fourth-order valence-corrected chi connectivity index (χ4v) is 6.96. The Morgan fingerprint density at radius 3 is 2.33 bits per heavy atom. The van der Waals surface area contributed by atoms with E-state index in [9.17, 15) is 28.4 Å². The Balaban J connectivity index is 1.04. The van der Waals surface area contributed by atoms with E-state index in [0.29, 0.717) is 19.6 Å². The fraction of sp³-hybridized carbons (Fsp3) is 0.387. The number of amides is 6. The summed E-state index contributed by atoms with van der Waals surface area (Å²) in [4.78, 5) is 67.9. The van der Waals surface area contributed by atoms with E-state index < -0.39 is 23.8 Å². The number of piperidine rings is 1. The van der Waals surface area contributed by atoms with E-state index in [4.69, 9.17) is 0 Å². The number of hydrazine groups is 1. The van der Waals surface area contributed by atoms with Gasteiger partial charge in [0, 0.05) is 43.7 Å². The van der Waals surface area contributed by atoms with Crippen LogP contribution in [0.2, 0.25) is 0 Å². The van der Waals surface area contributed by atoms with Crippen molar-refractivity contribution < 1.29 is 28.4 Å². The lowest BCUT2D eigenvalue weighted by atomic mass is 9.83. The molecule has 6 amide bonds. The summed E-state index contributed by atoms with van der Waals surface area (Å²) < 4.78 is 13.5. The average molecular weight is 572 g/mol. The first-order chi connectivity index (χ1) is 20.3. The van der Waals surface area contributed by atoms with Gasteiger partial charge in [-0.2, -0.15) is 5.01 Å². The van der Waals surface area contributed by atoms with Gasteiger partial charge in [-0.1, -0.05) is 18.2 Å². The van der Waals surface area contributed by atoms with E-state index in [2.05, 4.69) is 10.2 Å². The number of nitrogens with one attached hydrogen (secondary N) is 1. The van der Waals surface area contributed by atoms with E-state index in [1.807, 2.05) is 11.0 Å². The second kappa shape index (κ2) is 10.2. The molecule has 2 aromatic rings. The van der Waals surface area contributed by atoms with Crippen molar-refractivity contribution in [3.63, 3.8) is 0 Å². The maximum Gasteiger partial charge on any atom is 0.343 e. The van der Waals surface area contributed by atoms with Gasteiger partial charge in [0.25, 0.3) is 11.8 Å². The van der Waals surface area contributed by atoms with Crippen molar-refractivity contribution >= 4 is 35.2 Å². The molecule has 5 aliphatic heterocycles. The number of carbonyl (C=O) groups is 5. The van der Waals surface area contributed by atoms with Gasteiger partial charge in [-0.05, 0) is 73.1 Å². The summed E-state index contributed by atoms with van der Waals surface area (Å²) in [5, 5.41) is 3.95. The lowest BCUT2D eigenvalue weighted by molar-refractivity contribution is -0.140. The van der Waals surface area contributed by atoms with E-state index in [1.54, 1.807) is 24.3 Å². The van der Waals surface area contributed by atoms with Gasteiger partial charge >= 0.3 is 6.03 Å². The largest absolute Gasteiger partial charge is 0.343 e. The van der Waals surface area contributed by atoms with Crippen molar-refractivity contribution in [1.29, 1.82) is 0 Å². The molecule has 2 unspecified atom stereocenters. The van der Waals surface area contributed by atoms with Gasteiger partial charge < -0.3 is 4.90 Å². The number of nitrogens with zero attached hydrogens (tertiary/aromatic N) is 4. The maximum absolute atomic E-state index is 13.7. The van der Waals surface area contributed by atoms with E-state index in [1.165, 1.54) is 12.1 Å². The van der Waals surface area contributed by atoms with E-state index in [0.717, 1.165) is 64.4 Å². The molecule has 1 aliphatic carbocycles. The zero-order valence-electron chi connectivity index (χ0n) is 23.0. The van der Waals surface area contributed by atoms with Crippen LogP contribution in [0.15, 0.2) is 48.0 Å². The predicted molar refractivity (Wildman–Crippen MR) is 148 cm³/mol. The van der Waals surface area contributed by atoms with Gasteiger partial charge in [-0.15, -0.1) is 0 Å². The number of imide groups is 2. The molecule has 1 N–H and O–H groups in total. The number of rotatable bonds is 5. The molecule has 0 aromatic heterocycles. The first kappa shape index (κ1) is 26.5. The molecule has 2 atom stereocenters. The summed E-state index contributed by atoms with van der Waals surface area (Å²) in [5.41, 5.74) is 4.13. The first-order valence-corrected chi connectivity index (χ1v) is 14.4. The molecule has 0 spiro atoms. The molecule has 10 nitrogen and oxygen atoms in total. The molecular weight excluding hydrogens is 541 g/mol. The molecule has 4 saturated heterocycles. The number of allylic oxidation sites excluding steroid dienone is 1. The van der Waals surface area contributed by atoms with Crippen LogP contribution >= 0.6 is 0 Å². The van der Waals surface area contributed by atoms with Crippen molar-refractivity contribution in [3.8, 4) is 0 Å². The zero-order valence-corrected chi connectivity index (χ0v) is 23.0. The number of halogens is 1. The number of fused-ring (bicyclic) bond motifs is 3. The summed E-state index contributed by atoms with van der Waals surface area (Å²) in [5.74, 6) is -1.83. The minimum absolute atomic E-state index is 0.00644. The second-order valence-electron chi connectivity index (χ2n) is 11.6.